The molecule has 5 rings (SSSR count). The van der Waals surface area contributed by atoms with E-state index in [1.807, 2.05) is 13.0 Å². The van der Waals surface area contributed by atoms with E-state index >= 15 is 0 Å². The van der Waals surface area contributed by atoms with Crippen LogP contribution in [-0.4, -0.2) is 53.8 Å². The third kappa shape index (κ3) is 4.99. The van der Waals surface area contributed by atoms with E-state index in [2.05, 4.69) is 32.4 Å². The van der Waals surface area contributed by atoms with Crippen molar-refractivity contribution in [3.63, 3.8) is 0 Å². The van der Waals surface area contributed by atoms with Crippen LogP contribution in [-0.2, 0) is 9.47 Å². The predicted molar refractivity (Wildman–Crippen MR) is 121 cm³/mol. The van der Waals surface area contributed by atoms with Crippen LogP contribution in [0.3, 0.4) is 0 Å². The minimum Gasteiger partial charge on any atom is -0.378 e. The average Bonchev–Trinajstić information content (AvgIpc) is 3.51. The van der Waals surface area contributed by atoms with E-state index in [0.29, 0.717) is 18.5 Å². The summed E-state index contributed by atoms with van der Waals surface area (Å²) in [5, 5.41) is 7.52. The Kier molecular flexibility index (Phi) is 5.99. The fraction of sp³-hybridized carbons (Fsp3) is 0.417. The number of hydrogen-bond donors (Lipinski definition) is 1. The molecule has 2 heterocycles. The maximum absolute atomic E-state index is 13.5. The second kappa shape index (κ2) is 9.07. The van der Waals surface area contributed by atoms with Crippen LogP contribution in [0, 0.1) is 24.5 Å². The van der Waals surface area contributed by atoms with Crippen LogP contribution in [0.2, 0.25) is 0 Å². The Bertz CT molecular complexity index is 1110. The number of nitrogens with one attached hydrogen (secondary N) is 1. The number of hydrogen-bond acceptors (Lipinski definition) is 6. The SMILES string of the molecule is COC(C1CC1)C1CN(c2cc(C)cc(Nc3ncn(-c4cc(F)cc(F)c4)n3)c2)CCO1. The van der Waals surface area contributed by atoms with Gasteiger partial charge in [-0.2, -0.15) is 4.98 Å². The van der Waals surface area contributed by atoms with E-state index < -0.39 is 11.6 Å². The van der Waals surface area contributed by atoms with E-state index in [-0.39, 0.29) is 17.9 Å². The minimum absolute atomic E-state index is 0.0530. The third-order valence-corrected chi connectivity index (χ3v) is 6.11. The highest BCUT2D eigenvalue weighted by Crippen LogP contribution is 2.37. The molecule has 0 bridgehead atoms. The number of morpholine rings is 1. The summed E-state index contributed by atoms with van der Waals surface area (Å²) in [6.07, 6.45) is 4.02. The van der Waals surface area contributed by atoms with Crippen LogP contribution in [0.25, 0.3) is 5.69 Å². The molecular formula is C24H27F2N5O2. The lowest BCUT2D eigenvalue weighted by Crippen LogP contribution is -2.49. The van der Waals surface area contributed by atoms with Crippen LogP contribution in [0.4, 0.5) is 26.1 Å². The number of benzene rings is 2. The first kappa shape index (κ1) is 21.8. The van der Waals surface area contributed by atoms with E-state index in [1.165, 1.54) is 36.0 Å². The monoisotopic (exact) mass is 455 g/mol. The molecule has 33 heavy (non-hydrogen) atoms. The molecule has 9 heteroatoms. The molecule has 1 N–H and O–H groups in total. The number of aryl methyl sites for hydroxylation is 1. The fourth-order valence-electron chi connectivity index (χ4n) is 4.44. The molecule has 2 atom stereocenters. The first-order chi connectivity index (χ1) is 16.0. The molecule has 0 radical (unpaired) electrons. The van der Waals surface area contributed by atoms with Crippen molar-refractivity contribution >= 4 is 17.3 Å². The standard InChI is InChI=1S/C24H27F2N5O2/c1-15-7-19(28-24-27-14-31(29-24)21-10-17(25)9-18(26)11-21)12-20(8-15)30-5-6-33-22(13-30)23(32-2)16-3-4-16/h7-12,14,16,22-23H,3-6,13H2,1-2H3,(H,28,29). The number of nitrogens with zero attached hydrogens (tertiary/aromatic N) is 4. The Labute approximate surface area is 191 Å². The molecule has 1 aliphatic carbocycles. The van der Waals surface area contributed by atoms with Gasteiger partial charge in [-0.1, -0.05) is 0 Å². The maximum Gasteiger partial charge on any atom is 0.246 e. The van der Waals surface area contributed by atoms with Crippen molar-refractivity contribution in [3.8, 4) is 5.69 Å². The average molecular weight is 456 g/mol. The largest absolute Gasteiger partial charge is 0.378 e. The highest BCUT2D eigenvalue weighted by Gasteiger charge is 2.39. The van der Waals surface area contributed by atoms with Gasteiger partial charge in [0.15, 0.2) is 0 Å². The molecular weight excluding hydrogens is 428 g/mol. The number of methoxy groups -OCH3 is 1. The van der Waals surface area contributed by atoms with Gasteiger partial charge in [-0.3, -0.25) is 0 Å². The van der Waals surface area contributed by atoms with E-state index in [0.717, 1.165) is 36.1 Å². The smallest absolute Gasteiger partial charge is 0.246 e. The van der Waals surface area contributed by atoms with Gasteiger partial charge in [-0.25, -0.2) is 13.5 Å². The van der Waals surface area contributed by atoms with Crippen molar-refractivity contribution in [2.45, 2.75) is 32.0 Å². The van der Waals surface area contributed by atoms with E-state index in [1.54, 1.807) is 7.11 Å². The molecule has 1 saturated heterocycles. The second-order valence-electron chi connectivity index (χ2n) is 8.72. The minimum atomic E-state index is -0.667. The number of anilines is 3. The fourth-order valence-corrected chi connectivity index (χ4v) is 4.44. The van der Waals surface area contributed by atoms with Crippen molar-refractivity contribution < 1.29 is 18.3 Å². The lowest BCUT2D eigenvalue weighted by atomic mass is 10.1. The van der Waals surface area contributed by atoms with E-state index in [4.69, 9.17) is 9.47 Å². The third-order valence-electron chi connectivity index (χ3n) is 6.11. The number of ether oxygens (including phenoxy) is 2. The zero-order chi connectivity index (χ0) is 22.9. The van der Waals surface area contributed by atoms with Crippen molar-refractivity contribution in [2.75, 3.05) is 37.0 Å². The van der Waals surface area contributed by atoms with Crippen LogP contribution in [0.5, 0.6) is 0 Å². The van der Waals surface area contributed by atoms with Crippen molar-refractivity contribution in [3.05, 3.63) is 59.9 Å². The summed E-state index contributed by atoms with van der Waals surface area (Å²) in [5.41, 5.74) is 3.28. The van der Waals surface area contributed by atoms with Gasteiger partial charge in [0.1, 0.15) is 24.1 Å². The number of halogens is 2. The molecule has 0 amide bonds. The Morgan fingerprint density at radius 2 is 1.88 bits per heavy atom. The first-order valence-corrected chi connectivity index (χ1v) is 11.1. The highest BCUT2D eigenvalue weighted by molar-refractivity contribution is 5.64. The van der Waals surface area contributed by atoms with Crippen molar-refractivity contribution in [1.82, 2.24) is 14.8 Å². The Balaban J connectivity index is 1.32. The Hall–Kier alpha value is -3.04. The van der Waals surface area contributed by atoms with Crippen LogP contribution < -0.4 is 10.2 Å². The predicted octanol–water partition coefficient (Wildman–Crippen LogP) is 4.23. The molecule has 0 spiro atoms. The van der Waals surface area contributed by atoms with Gasteiger partial charge >= 0.3 is 0 Å². The van der Waals surface area contributed by atoms with Crippen LogP contribution >= 0.6 is 0 Å². The van der Waals surface area contributed by atoms with Crippen LogP contribution in [0.15, 0.2) is 42.7 Å². The molecule has 7 nitrogen and oxygen atoms in total. The molecule has 2 aromatic carbocycles. The van der Waals surface area contributed by atoms with Crippen LogP contribution in [0.1, 0.15) is 18.4 Å². The molecule has 2 fully saturated rings. The lowest BCUT2D eigenvalue weighted by molar-refractivity contribution is -0.0710. The topological polar surface area (TPSA) is 64.4 Å². The molecule has 1 saturated carbocycles. The zero-order valence-corrected chi connectivity index (χ0v) is 18.7. The molecule has 1 aromatic heterocycles. The van der Waals surface area contributed by atoms with Crippen molar-refractivity contribution in [2.24, 2.45) is 5.92 Å². The molecule has 2 unspecified atom stereocenters. The summed E-state index contributed by atoms with van der Waals surface area (Å²) in [6, 6.07) is 9.44. The summed E-state index contributed by atoms with van der Waals surface area (Å²) >= 11 is 0. The summed E-state index contributed by atoms with van der Waals surface area (Å²) < 4.78 is 40.2. The quantitative estimate of drug-likeness (QED) is 0.575. The normalized spacial score (nSPS) is 19.5. The van der Waals surface area contributed by atoms with Gasteiger partial charge in [0.25, 0.3) is 0 Å². The van der Waals surface area contributed by atoms with Crippen molar-refractivity contribution in [1.29, 1.82) is 0 Å². The van der Waals surface area contributed by atoms with E-state index in [9.17, 15) is 8.78 Å². The van der Waals surface area contributed by atoms with Gasteiger partial charge in [-0.05, 0) is 61.6 Å². The molecule has 2 aliphatic rings. The number of aromatic nitrogens is 3. The van der Waals surface area contributed by atoms with Gasteiger partial charge < -0.3 is 19.7 Å². The Morgan fingerprint density at radius 1 is 1.09 bits per heavy atom. The Morgan fingerprint density at radius 3 is 2.61 bits per heavy atom. The maximum atomic E-state index is 13.5. The van der Waals surface area contributed by atoms with Gasteiger partial charge in [0, 0.05) is 37.6 Å². The summed E-state index contributed by atoms with van der Waals surface area (Å²) in [6.45, 7) is 4.27. The first-order valence-electron chi connectivity index (χ1n) is 11.1. The summed E-state index contributed by atoms with van der Waals surface area (Å²) in [4.78, 5) is 6.56. The molecule has 174 valence electrons. The number of rotatable bonds is 7. The second-order valence-corrected chi connectivity index (χ2v) is 8.72. The van der Waals surface area contributed by atoms with Gasteiger partial charge in [0.2, 0.25) is 5.95 Å². The van der Waals surface area contributed by atoms with Gasteiger partial charge in [0.05, 0.1) is 18.4 Å². The molecule has 1 aliphatic heterocycles. The lowest BCUT2D eigenvalue weighted by Gasteiger charge is -2.38. The molecule has 3 aromatic rings. The summed E-state index contributed by atoms with van der Waals surface area (Å²) in [5.74, 6) is -0.397. The highest BCUT2D eigenvalue weighted by atomic mass is 19.1. The van der Waals surface area contributed by atoms with Gasteiger partial charge in [-0.15, -0.1) is 5.10 Å². The zero-order valence-electron chi connectivity index (χ0n) is 18.7. The summed E-state index contributed by atoms with van der Waals surface area (Å²) in [7, 11) is 1.77.